The van der Waals surface area contributed by atoms with Crippen LogP contribution in [0.2, 0.25) is 0 Å². The molecule has 1 aromatic rings. The number of rotatable bonds is 3. The normalized spacial score (nSPS) is 26.8. The van der Waals surface area contributed by atoms with Crippen LogP contribution in [-0.2, 0) is 6.42 Å². The minimum absolute atomic E-state index is 0.193. The third-order valence-electron chi connectivity index (χ3n) is 2.93. The van der Waals surface area contributed by atoms with Gasteiger partial charge in [-0.3, -0.25) is 0 Å². The number of hydrogen-bond donors (Lipinski definition) is 1. The molecule has 5 heteroatoms. The van der Waals surface area contributed by atoms with Crippen LogP contribution in [0.4, 0.5) is 13.2 Å². The van der Waals surface area contributed by atoms with Crippen molar-refractivity contribution in [2.24, 2.45) is 5.92 Å². The summed E-state index contributed by atoms with van der Waals surface area (Å²) in [5.74, 6) is 1.82. The number of halogens is 3. The van der Waals surface area contributed by atoms with E-state index in [1.807, 2.05) is 0 Å². The van der Waals surface area contributed by atoms with Crippen molar-refractivity contribution in [1.82, 2.24) is 0 Å². The summed E-state index contributed by atoms with van der Waals surface area (Å²) in [7, 11) is 0. The minimum atomic E-state index is -4.58. The third-order valence-corrected chi connectivity index (χ3v) is 2.93. The van der Waals surface area contributed by atoms with Crippen molar-refractivity contribution in [2.45, 2.75) is 38.0 Å². The molecule has 1 aliphatic rings. The zero-order valence-electron chi connectivity index (χ0n) is 8.79. The molecular formula is C11H13F3O2. The molecule has 3 unspecified atom stereocenters. The highest BCUT2D eigenvalue weighted by molar-refractivity contribution is 5.18. The van der Waals surface area contributed by atoms with E-state index in [0.717, 1.165) is 12.2 Å². The van der Waals surface area contributed by atoms with Gasteiger partial charge in [0.1, 0.15) is 11.5 Å². The predicted octanol–water partition coefficient (Wildman–Crippen LogP) is 2.87. The fraction of sp³-hybridized carbons (Fsp3) is 0.636. The maximum absolute atomic E-state index is 12.1. The van der Waals surface area contributed by atoms with E-state index < -0.39 is 18.7 Å². The molecule has 0 aliphatic heterocycles. The summed E-state index contributed by atoms with van der Waals surface area (Å²) in [6.07, 6.45) is -6.41. The molecule has 0 radical (unpaired) electrons. The molecule has 0 amide bonds. The van der Waals surface area contributed by atoms with Gasteiger partial charge >= 0.3 is 6.18 Å². The van der Waals surface area contributed by atoms with Crippen LogP contribution >= 0.6 is 0 Å². The quantitative estimate of drug-likeness (QED) is 0.872. The Morgan fingerprint density at radius 2 is 2.12 bits per heavy atom. The summed E-state index contributed by atoms with van der Waals surface area (Å²) in [4.78, 5) is 0. The van der Waals surface area contributed by atoms with E-state index in [0.29, 0.717) is 11.8 Å². The summed E-state index contributed by atoms with van der Waals surface area (Å²) in [5.41, 5.74) is 0. The van der Waals surface area contributed by atoms with Gasteiger partial charge in [0.15, 0.2) is 6.10 Å². The molecule has 1 aliphatic carbocycles. The molecule has 90 valence electrons. The number of aliphatic hydroxyl groups excluding tert-OH is 1. The molecule has 3 atom stereocenters. The summed E-state index contributed by atoms with van der Waals surface area (Å²) in [5, 5.41) is 8.87. The Hall–Kier alpha value is -0.970. The molecular weight excluding hydrogens is 221 g/mol. The van der Waals surface area contributed by atoms with Gasteiger partial charge in [-0.15, -0.1) is 0 Å². The molecule has 0 bridgehead atoms. The first-order valence-electron chi connectivity index (χ1n) is 5.21. The van der Waals surface area contributed by atoms with Crippen LogP contribution in [-0.4, -0.2) is 17.4 Å². The van der Waals surface area contributed by atoms with Crippen molar-refractivity contribution in [3.63, 3.8) is 0 Å². The SMILES string of the molecule is CC1CC1c1ccc(CC(O)C(F)(F)F)o1. The van der Waals surface area contributed by atoms with Gasteiger partial charge in [0.2, 0.25) is 0 Å². The average Bonchev–Trinajstić information content (AvgIpc) is 2.72. The van der Waals surface area contributed by atoms with Crippen molar-refractivity contribution < 1.29 is 22.7 Å². The van der Waals surface area contributed by atoms with E-state index in [1.165, 1.54) is 6.07 Å². The van der Waals surface area contributed by atoms with E-state index in [-0.39, 0.29) is 5.76 Å². The zero-order valence-corrected chi connectivity index (χ0v) is 8.79. The van der Waals surface area contributed by atoms with Gasteiger partial charge in [0.05, 0.1) is 0 Å². The summed E-state index contributed by atoms with van der Waals surface area (Å²) in [6.45, 7) is 2.07. The fourth-order valence-electron chi connectivity index (χ4n) is 1.73. The van der Waals surface area contributed by atoms with Gasteiger partial charge in [-0.25, -0.2) is 0 Å². The van der Waals surface area contributed by atoms with Crippen LogP contribution in [0.5, 0.6) is 0 Å². The monoisotopic (exact) mass is 234 g/mol. The first kappa shape index (κ1) is 11.5. The lowest BCUT2D eigenvalue weighted by molar-refractivity contribution is -0.203. The smallest absolute Gasteiger partial charge is 0.414 e. The number of alkyl halides is 3. The summed E-state index contributed by atoms with van der Waals surface area (Å²) in [6, 6.07) is 3.21. The number of furan rings is 1. The standard InChI is InChI=1S/C11H13F3O2/c1-6-4-8(6)9-3-2-7(16-9)5-10(15)11(12,13)14/h2-3,6,8,10,15H,4-5H2,1H3. The van der Waals surface area contributed by atoms with Crippen LogP contribution in [0.3, 0.4) is 0 Å². The highest BCUT2D eigenvalue weighted by Gasteiger charge is 2.40. The Kier molecular flexibility index (Phi) is 2.74. The van der Waals surface area contributed by atoms with Crippen molar-refractivity contribution in [3.8, 4) is 0 Å². The first-order valence-corrected chi connectivity index (χ1v) is 5.21. The highest BCUT2D eigenvalue weighted by Crippen LogP contribution is 2.47. The Labute approximate surface area is 91.1 Å². The number of hydrogen-bond acceptors (Lipinski definition) is 2. The first-order chi connectivity index (χ1) is 7.38. The molecule has 0 saturated heterocycles. The summed E-state index contributed by atoms with van der Waals surface area (Å²) >= 11 is 0. The highest BCUT2D eigenvalue weighted by atomic mass is 19.4. The van der Waals surface area contributed by atoms with E-state index in [4.69, 9.17) is 9.52 Å². The van der Waals surface area contributed by atoms with E-state index in [9.17, 15) is 13.2 Å². The van der Waals surface area contributed by atoms with Crippen molar-refractivity contribution in [1.29, 1.82) is 0 Å². The summed E-state index contributed by atoms with van der Waals surface area (Å²) < 4.78 is 41.5. The van der Waals surface area contributed by atoms with Gasteiger partial charge in [0.25, 0.3) is 0 Å². The Bertz CT molecular complexity index is 370. The minimum Gasteiger partial charge on any atom is -0.466 e. The Morgan fingerprint density at radius 3 is 2.62 bits per heavy atom. The van der Waals surface area contributed by atoms with E-state index >= 15 is 0 Å². The van der Waals surface area contributed by atoms with Gasteiger partial charge in [0, 0.05) is 12.3 Å². The lowest BCUT2D eigenvalue weighted by atomic mass is 10.2. The zero-order chi connectivity index (χ0) is 11.9. The van der Waals surface area contributed by atoms with Crippen molar-refractivity contribution >= 4 is 0 Å². The second-order valence-electron chi connectivity index (χ2n) is 4.39. The number of aliphatic hydroxyl groups is 1. The van der Waals surface area contributed by atoms with Gasteiger partial charge in [-0.05, 0) is 24.5 Å². The molecule has 1 aromatic heterocycles. The maximum atomic E-state index is 12.1. The van der Waals surface area contributed by atoms with Crippen LogP contribution in [0.25, 0.3) is 0 Å². The van der Waals surface area contributed by atoms with Crippen molar-refractivity contribution in [2.75, 3.05) is 0 Å². The van der Waals surface area contributed by atoms with Crippen LogP contribution in [0.1, 0.15) is 30.8 Å². The average molecular weight is 234 g/mol. The largest absolute Gasteiger partial charge is 0.466 e. The van der Waals surface area contributed by atoms with E-state index in [2.05, 4.69) is 6.92 Å². The molecule has 1 fully saturated rings. The predicted molar refractivity (Wildman–Crippen MR) is 51.0 cm³/mol. The Morgan fingerprint density at radius 1 is 1.50 bits per heavy atom. The van der Waals surface area contributed by atoms with Gasteiger partial charge < -0.3 is 9.52 Å². The second kappa shape index (κ2) is 3.80. The van der Waals surface area contributed by atoms with Gasteiger partial charge in [-0.2, -0.15) is 13.2 Å². The van der Waals surface area contributed by atoms with Crippen LogP contribution in [0, 0.1) is 5.92 Å². The maximum Gasteiger partial charge on any atom is 0.414 e. The second-order valence-corrected chi connectivity index (χ2v) is 4.39. The molecule has 2 rings (SSSR count). The molecule has 2 nitrogen and oxygen atoms in total. The third kappa shape index (κ3) is 2.40. The lowest BCUT2D eigenvalue weighted by Crippen LogP contribution is -2.30. The van der Waals surface area contributed by atoms with Crippen LogP contribution < -0.4 is 0 Å². The lowest BCUT2D eigenvalue weighted by Gasteiger charge is -2.12. The topological polar surface area (TPSA) is 33.4 Å². The molecule has 0 spiro atoms. The molecule has 1 heterocycles. The van der Waals surface area contributed by atoms with Crippen LogP contribution in [0.15, 0.2) is 16.5 Å². The Balaban J connectivity index is 1.98. The van der Waals surface area contributed by atoms with Crippen molar-refractivity contribution in [3.05, 3.63) is 23.7 Å². The van der Waals surface area contributed by atoms with Gasteiger partial charge in [-0.1, -0.05) is 6.92 Å². The molecule has 1 saturated carbocycles. The molecule has 16 heavy (non-hydrogen) atoms. The van der Waals surface area contributed by atoms with E-state index in [1.54, 1.807) is 6.07 Å². The molecule has 1 N–H and O–H groups in total. The fourth-order valence-corrected chi connectivity index (χ4v) is 1.73. The molecule has 0 aromatic carbocycles.